The fourth-order valence-electron chi connectivity index (χ4n) is 2.98. The van der Waals surface area contributed by atoms with Crippen LogP contribution in [0.25, 0.3) is 0 Å². The van der Waals surface area contributed by atoms with Crippen LogP contribution in [-0.4, -0.2) is 13.7 Å². The normalized spacial score (nSPS) is 10.5. The van der Waals surface area contributed by atoms with E-state index in [4.69, 9.17) is 14.2 Å². The molecule has 0 aromatic heterocycles. The molecule has 0 fully saturated rings. The molecule has 0 aliphatic carbocycles. The van der Waals surface area contributed by atoms with Crippen LogP contribution >= 0.6 is 0 Å². The zero-order valence-electron chi connectivity index (χ0n) is 16.5. The summed E-state index contributed by atoms with van der Waals surface area (Å²) >= 11 is 0. The molecule has 4 heteroatoms. The molecule has 0 spiro atoms. The maximum Gasteiger partial charge on any atom is 0.161 e. The van der Waals surface area contributed by atoms with Gasteiger partial charge in [0.2, 0.25) is 0 Å². The highest BCUT2D eigenvalue weighted by atomic mass is 16.5. The lowest BCUT2D eigenvalue weighted by Crippen LogP contribution is -2.13. The minimum Gasteiger partial charge on any atom is -0.496 e. The molecule has 146 valence electrons. The third kappa shape index (κ3) is 5.51. The molecule has 0 saturated carbocycles. The minimum atomic E-state index is 0.520. The lowest BCUT2D eigenvalue weighted by atomic mass is 10.1. The Morgan fingerprint density at radius 3 is 2.29 bits per heavy atom. The van der Waals surface area contributed by atoms with Crippen LogP contribution in [0, 0.1) is 0 Å². The zero-order chi connectivity index (χ0) is 19.6. The number of hydrogen-bond acceptors (Lipinski definition) is 4. The summed E-state index contributed by atoms with van der Waals surface area (Å²) in [5, 5.41) is 3.46. The lowest BCUT2D eigenvalue weighted by molar-refractivity contribution is 0.269. The zero-order valence-corrected chi connectivity index (χ0v) is 16.5. The van der Waals surface area contributed by atoms with E-state index in [0.717, 1.165) is 47.0 Å². The predicted octanol–water partition coefficient (Wildman–Crippen LogP) is 4.96. The van der Waals surface area contributed by atoms with E-state index in [1.165, 1.54) is 0 Å². The van der Waals surface area contributed by atoms with E-state index in [2.05, 4.69) is 29.6 Å². The van der Waals surface area contributed by atoms with Crippen molar-refractivity contribution in [3.05, 3.63) is 89.5 Å². The van der Waals surface area contributed by atoms with E-state index in [-0.39, 0.29) is 0 Å². The van der Waals surface area contributed by atoms with Crippen molar-refractivity contribution in [3.8, 4) is 17.2 Å². The van der Waals surface area contributed by atoms with Gasteiger partial charge in [-0.2, -0.15) is 0 Å². The predicted molar refractivity (Wildman–Crippen MR) is 112 cm³/mol. The van der Waals surface area contributed by atoms with Crippen LogP contribution in [0.4, 0.5) is 0 Å². The molecule has 0 radical (unpaired) electrons. The monoisotopic (exact) mass is 377 g/mol. The van der Waals surface area contributed by atoms with Gasteiger partial charge in [-0.05, 0) is 36.2 Å². The third-order valence-corrected chi connectivity index (χ3v) is 4.38. The Hall–Kier alpha value is -2.98. The highest BCUT2D eigenvalue weighted by Crippen LogP contribution is 2.29. The molecule has 0 aliphatic rings. The van der Waals surface area contributed by atoms with E-state index in [9.17, 15) is 0 Å². The Bertz CT molecular complexity index is 865. The summed E-state index contributed by atoms with van der Waals surface area (Å²) in [6.07, 6.45) is 0. The van der Waals surface area contributed by atoms with Gasteiger partial charge in [0.25, 0.3) is 0 Å². The number of para-hydroxylation sites is 1. The average Bonchev–Trinajstić information content (AvgIpc) is 2.74. The summed E-state index contributed by atoms with van der Waals surface area (Å²) in [6.45, 7) is 4.57. The van der Waals surface area contributed by atoms with Crippen molar-refractivity contribution >= 4 is 0 Å². The quantitative estimate of drug-likeness (QED) is 0.542. The summed E-state index contributed by atoms with van der Waals surface area (Å²) in [6, 6.07) is 24.3. The summed E-state index contributed by atoms with van der Waals surface area (Å²) < 4.78 is 17.2. The van der Waals surface area contributed by atoms with Crippen molar-refractivity contribution in [2.45, 2.75) is 26.6 Å². The van der Waals surface area contributed by atoms with Crippen molar-refractivity contribution in [3.63, 3.8) is 0 Å². The molecule has 1 N–H and O–H groups in total. The van der Waals surface area contributed by atoms with Crippen molar-refractivity contribution in [1.82, 2.24) is 5.32 Å². The molecule has 0 bridgehead atoms. The third-order valence-electron chi connectivity index (χ3n) is 4.38. The van der Waals surface area contributed by atoms with E-state index in [0.29, 0.717) is 13.2 Å². The molecular formula is C24H27NO3. The highest BCUT2D eigenvalue weighted by Gasteiger charge is 2.08. The van der Waals surface area contributed by atoms with Gasteiger partial charge in [-0.25, -0.2) is 0 Å². The van der Waals surface area contributed by atoms with Gasteiger partial charge < -0.3 is 19.5 Å². The fourth-order valence-corrected chi connectivity index (χ4v) is 2.98. The van der Waals surface area contributed by atoms with E-state index in [1.807, 2.05) is 55.5 Å². The maximum atomic E-state index is 5.97. The number of methoxy groups -OCH3 is 1. The van der Waals surface area contributed by atoms with Crippen LogP contribution in [0.15, 0.2) is 72.8 Å². The number of nitrogens with one attached hydrogen (secondary N) is 1. The topological polar surface area (TPSA) is 39.7 Å². The maximum absolute atomic E-state index is 5.97. The van der Waals surface area contributed by atoms with Crippen molar-refractivity contribution in [2.75, 3.05) is 13.7 Å². The Balaban J connectivity index is 1.61. The summed E-state index contributed by atoms with van der Waals surface area (Å²) in [5.41, 5.74) is 3.41. The van der Waals surface area contributed by atoms with Crippen LogP contribution in [-0.2, 0) is 19.7 Å². The van der Waals surface area contributed by atoms with Gasteiger partial charge in [0.1, 0.15) is 12.4 Å². The largest absolute Gasteiger partial charge is 0.496 e. The number of hydrogen-bond donors (Lipinski definition) is 1. The first-order valence-electron chi connectivity index (χ1n) is 9.55. The van der Waals surface area contributed by atoms with Crippen molar-refractivity contribution < 1.29 is 14.2 Å². The molecule has 0 heterocycles. The average molecular weight is 377 g/mol. The first-order valence-corrected chi connectivity index (χ1v) is 9.55. The van der Waals surface area contributed by atoms with Crippen LogP contribution in [0.1, 0.15) is 23.6 Å². The number of benzene rings is 3. The number of rotatable bonds is 10. The van der Waals surface area contributed by atoms with Crippen molar-refractivity contribution in [1.29, 1.82) is 0 Å². The number of ether oxygens (including phenoxy) is 3. The van der Waals surface area contributed by atoms with Gasteiger partial charge >= 0.3 is 0 Å². The van der Waals surface area contributed by atoms with Crippen molar-refractivity contribution in [2.24, 2.45) is 0 Å². The van der Waals surface area contributed by atoms with Gasteiger partial charge in [-0.1, -0.05) is 54.6 Å². The van der Waals surface area contributed by atoms with Crippen LogP contribution < -0.4 is 19.5 Å². The first-order chi connectivity index (χ1) is 13.8. The Morgan fingerprint density at radius 2 is 1.50 bits per heavy atom. The van der Waals surface area contributed by atoms with Crippen LogP contribution in [0.2, 0.25) is 0 Å². The molecule has 0 unspecified atom stereocenters. The molecule has 4 nitrogen and oxygen atoms in total. The van der Waals surface area contributed by atoms with Gasteiger partial charge in [-0.15, -0.1) is 0 Å². The van der Waals surface area contributed by atoms with Gasteiger partial charge in [-0.3, -0.25) is 0 Å². The van der Waals surface area contributed by atoms with E-state index in [1.54, 1.807) is 7.11 Å². The summed E-state index contributed by atoms with van der Waals surface area (Å²) in [7, 11) is 1.70. The lowest BCUT2D eigenvalue weighted by Gasteiger charge is -2.14. The van der Waals surface area contributed by atoms with Gasteiger partial charge in [0.05, 0.1) is 13.7 Å². The molecular weight excluding hydrogens is 350 g/mol. The SMILES string of the molecule is CCOc1cc(CNCc2ccccc2OC)ccc1OCc1ccccc1. The second kappa shape index (κ2) is 10.4. The molecule has 28 heavy (non-hydrogen) atoms. The molecule has 0 saturated heterocycles. The van der Waals surface area contributed by atoms with E-state index < -0.39 is 0 Å². The van der Waals surface area contributed by atoms with E-state index >= 15 is 0 Å². The Morgan fingerprint density at radius 1 is 0.714 bits per heavy atom. The molecule has 3 rings (SSSR count). The molecule has 3 aromatic rings. The Labute approximate surface area is 167 Å². The second-order valence-electron chi connectivity index (χ2n) is 6.40. The Kier molecular flexibility index (Phi) is 7.33. The van der Waals surface area contributed by atoms with Crippen LogP contribution in [0.5, 0.6) is 17.2 Å². The summed E-state index contributed by atoms with van der Waals surface area (Å²) in [4.78, 5) is 0. The fraction of sp³-hybridized carbons (Fsp3) is 0.250. The van der Waals surface area contributed by atoms with Gasteiger partial charge in [0, 0.05) is 18.7 Å². The summed E-state index contributed by atoms with van der Waals surface area (Å²) in [5.74, 6) is 2.43. The standard InChI is InChI=1S/C24H27NO3/c1-3-27-24-15-20(16-25-17-21-11-7-8-12-22(21)26-2)13-14-23(24)28-18-19-9-5-4-6-10-19/h4-15,25H,3,16-18H2,1-2H3. The van der Waals surface area contributed by atoms with Gasteiger partial charge in [0.15, 0.2) is 11.5 Å². The molecule has 3 aromatic carbocycles. The second-order valence-corrected chi connectivity index (χ2v) is 6.40. The minimum absolute atomic E-state index is 0.520. The molecule has 0 atom stereocenters. The molecule has 0 aliphatic heterocycles. The first kappa shape index (κ1) is 19.8. The smallest absolute Gasteiger partial charge is 0.161 e. The van der Waals surface area contributed by atoms with Crippen LogP contribution in [0.3, 0.4) is 0 Å². The molecule has 0 amide bonds. The highest BCUT2D eigenvalue weighted by molar-refractivity contribution is 5.43.